The molecule has 7 nitrogen and oxygen atoms in total. The van der Waals surface area contributed by atoms with Crippen molar-refractivity contribution in [2.45, 2.75) is 42.9 Å². The van der Waals surface area contributed by atoms with Crippen molar-refractivity contribution in [1.29, 1.82) is 0 Å². The summed E-state index contributed by atoms with van der Waals surface area (Å²) in [6.07, 6.45) is 1.37. The van der Waals surface area contributed by atoms with Crippen LogP contribution in [0.4, 0.5) is 4.79 Å². The van der Waals surface area contributed by atoms with E-state index in [4.69, 9.17) is 10.5 Å². The standard InChI is InChI=1S/C18H23N3O4S/c1-3-21(4-2)18(24)25-11-7-8-12-13(9-11)26-17(14(12)15(19)22)20-16(23)10-5-6-10/h7-10,14,17H,3-6H2,1-2H3,(H2,19,22)(H,20,23). The minimum absolute atomic E-state index is 0.0326. The summed E-state index contributed by atoms with van der Waals surface area (Å²) in [7, 11) is 0. The second-order valence-electron chi connectivity index (χ2n) is 6.44. The van der Waals surface area contributed by atoms with E-state index in [1.807, 2.05) is 13.8 Å². The van der Waals surface area contributed by atoms with Gasteiger partial charge in [0.05, 0.1) is 11.3 Å². The van der Waals surface area contributed by atoms with Crippen LogP contribution in [0, 0.1) is 5.92 Å². The van der Waals surface area contributed by atoms with E-state index < -0.39 is 23.3 Å². The maximum absolute atomic E-state index is 12.1. The van der Waals surface area contributed by atoms with E-state index in [2.05, 4.69) is 5.32 Å². The van der Waals surface area contributed by atoms with E-state index in [0.717, 1.165) is 23.3 Å². The summed E-state index contributed by atoms with van der Waals surface area (Å²) in [6, 6.07) is 5.12. The van der Waals surface area contributed by atoms with Gasteiger partial charge in [0.25, 0.3) is 0 Å². The number of hydrogen-bond acceptors (Lipinski definition) is 5. The van der Waals surface area contributed by atoms with Crippen LogP contribution in [0.3, 0.4) is 0 Å². The van der Waals surface area contributed by atoms with Crippen molar-refractivity contribution >= 4 is 29.7 Å². The van der Waals surface area contributed by atoms with Gasteiger partial charge in [-0.1, -0.05) is 17.8 Å². The molecular formula is C18H23N3O4S. The largest absolute Gasteiger partial charge is 0.415 e. The van der Waals surface area contributed by atoms with E-state index in [1.165, 1.54) is 11.8 Å². The number of thioether (sulfide) groups is 1. The van der Waals surface area contributed by atoms with Crippen molar-refractivity contribution in [3.63, 3.8) is 0 Å². The van der Waals surface area contributed by atoms with Crippen LogP contribution in [-0.4, -0.2) is 41.3 Å². The van der Waals surface area contributed by atoms with Gasteiger partial charge in [-0.25, -0.2) is 4.79 Å². The van der Waals surface area contributed by atoms with E-state index in [0.29, 0.717) is 18.8 Å². The Morgan fingerprint density at radius 2 is 1.96 bits per heavy atom. The van der Waals surface area contributed by atoms with Crippen molar-refractivity contribution in [1.82, 2.24) is 10.2 Å². The molecule has 3 rings (SSSR count). The zero-order valence-corrected chi connectivity index (χ0v) is 15.7. The lowest BCUT2D eigenvalue weighted by molar-refractivity contribution is -0.123. The van der Waals surface area contributed by atoms with E-state index in [9.17, 15) is 14.4 Å². The molecular weight excluding hydrogens is 354 g/mol. The average Bonchev–Trinajstić information content (AvgIpc) is 3.37. The highest BCUT2D eigenvalue weighted by atomic mass is 32.2. The summed E-state index contributed by atoms with van der Waals surface area (Å²) in [5.74, 6) is -0.644. The van der Waals surface area contributed by atoms with Crippen LogP contribution in [0.2, 0.25) is 0 Å². The summed E-state index contributed by atoms with van der Waals surface area (Å²) in [5, 5.41) is 2.50. The van der Waals surface area contributed by atoms with E-state index >= 15 is 0 Å². The van der Waals surface area contributed by atoms with Crippen LogP contribution in [0.5, 0.6) is 5.75 Å². The highest BCUT2D eigenvalue weighted by molar-refractivity contribution is 8.00. The second-order valence-corrected chi connectivity index (χ2v) is 7.62. The van der Waals surface area contributed by atoms with Crippen molar-refractivity contribution in [2.75, 3.05) is 13.1 Å². The Labute approximate surface area is 156 Å². The third-order valence-corrected chi connectivity index (χ3v) is 5.89. The number of amides is 3. The first-order valence-corrected chi connectivity index (χ1v) is 9.69. The van der Waals surface area contributed by atoms with Gasteiger partial charge in [-0.05, 0) is 44.4 Å². The van der Waals surface area contributed by atoms with Crippen molar-refractivity contribution in [3.05, 3.63) is 23.8 Å². The van der Waals surface area contributed by atoms with Gasteiger partial charge in [0.15, 0.2) is 0 Å². The Morgan fingerprint density at radius 3 is 2.54 bits per heavy atom. The van der Waals surface area contributed by atoms with Gasteiger partial charge in [0.1, 0.15) is 5.75 Å². The minimum Gasteiger partial charge on any atom is -0.410 e. The molecule has 3 N–H and O–H groups in total. The first-order valence-electron chi connectivity index (χ1n) is 8.81. The molecule has 1 fully saturated rings. The minimum atomic E-state index is -0.592. The number of nitrogens with zero attached hydrogens (tertiary/aromatic N) is 1. The normalized spacial score (nSPS) is 21.0. The molecule has 0 aromatic heterocycles. The molecule has 1 heterocycles. The van der Waals surface area contributed by atoms with E-state index in [1.54, 1.807) is 23.1 Å². The predicted octanol–water partition coefficient (Wildman–Crippen LogP) is 2.05. The Kier molecular flexibility index (Phi) is 5.41. The molecule has 0 bridgehead atoms. The fourth-order valence-corrected chi connectivity index (χ4v) is 4.35. The molecule has 1 aliphatic carbocycles. The molecule has 26 heavy (non-hydrogen) atoms. The van der Waals surface area contributed by atoms with E-state index in [-0.39, 0.29) is 11.8 Å². The third kappa shape index (κ3) is 3.80. The fourth-order valence-electron chi connectivity index (χ4n) is 2.97. The molecule has 0 radical (unpaired) electrons. The monoisotopic (exact) mass is 377 g/mol. The summed E-state index contributed by atoms with van der Waals surface area (Å²) < 4.78 is 5.41. The summed E-state index contributed by atoms with van der Waals surface area (Å²) in [4.78, 5) is 38.5. The maximum Gasteiger partial charge on any atom is 0.415 e. The lowest BCUT2D eigenvalue weighted by Crippen LogP contribution is -2.40. The lowest BCUT2D eigenvalue weighted by Gasteiger charge is -2.18. The molecule has 1 aromatic rings. The molecule has 2 aliphatic rings. The Hall–Kier alpha value is -2.22. The van der Waals surface area contributed by atoms with Crippen molar-refractivity contribution < 1.29 is 19.1 Å². The van der Waals surface area contributed by atoms with Gasteiger partial charge in [-0.3, -0.25) is 9.59 Å². The highest BCUT2D eigenvalue weighted by Crippen LogP contribution is 2.46. The van der Waals surface area contributed by atoms with Crippen LogP contribution < -0.4 is 15.8 Å². The summed E-state index contributed by atoms with van der Waals surface area (Å²) in [6.45, 7) is 4.89. The number of nitrogens with one attached hydrogen (secondary N) is 1. The molecule has 8 heteroatoms. The molecule has 0 spiro atoms. The number of fused-ring (bicyclic) bond motifs is 1. The number of ether oxygens (including phenoxy) is 1. The van der Waals surface area contributed by atoms with Crippen LogP contribution in [0.1, 0.15) is 38.2 Å². The topological polar surface area (TPSA) is 102 Å². The van der Waals surface area contributed by atoms with Gasteiger partial charge < -0.3 is 20.7 Å². The SMILES string of the molecule is CCN(CC)C(=O)Oc1ccc2c(c1)SC(NC(=O)C1CC1)C2C(N)=O. The molecule has 1 aliphatic heterocycles. The molecule has 3 amide bonds. The van der Waals surface area contributed by atoms with Crippen molar-refractivity contribution in [2.24, 2.45) is 11.7 Å². The van der Waals surface area contributed by atoms with Gasteiger partial charge in [0.2, 0.25) is 11.8 Å². The number of rotatable bonds is 6. The zero-order chi connectivity index (χ0) is 18.8. The number of hydrogen-bond donors (Lipinski definition) is 2. The summed E-state index contributed by atoms with van der Waals surface area (Å²) >= 11 is 1.37. The fraction of sp³-hybridized carbons (Fsp3) is 0.500. The Balaban J connectivity index is 1.76. The third-order valence-electron chi connectivity index (χ3n) is 4.64. The van der Waals surface area contributed by atoms with Crippen LogP contribution >= 0.6 is 11.8 Å². The van der Waals surface area contributed by atoms with Crippen LogP contribution in [0.15, 0.2) is 23.1 Å². The van der Waals surface area contributed by atoms with Crippen LogP contribution in [0.25, 0.3) is 0 Å². The second kappa shape index (κ2) is 7.57. The number of nitrogens with two attached hydrogens (primary N) is 1. The zero-order valence-electron chi connectivity index (χ0n) is 14.9. The number of primary amides is 1. The van der Waals surface area contributed by atoms with Gasteiger partial charge in [-0.15, -0.1) is 0 Å². The number of carbonyl (C=O) groups is 3. The Bertz CT molecular complexity index is 731. The summed E-state index contributed by atoms with van der Waals surface area (Å²) in [5.41, 5.74) is 6.33. The average molecular weight is 377 g/mol. The molecule has 2 unspecified atom stereocenters. The number of benzene rings is 1. The van der Waals surface area contributed by atoms with Crippen LogP contribution in [-0.2, 0) is 9.59 Å². The molecule has 1 saturated carbocycles. The van der Waals surface area contributed by atoms with Gasteiger partial charge in [-0.2, -0.15) is 0 Å². The molecule has 140 valence electrons. The van der Waals surface area contributed by atoms with Gasteiger partial charge >= 0.3 is 6.09 Å². The molecule has 2 atom stereocenters. The predicted molar refractivity (Wildman–Crippen MR) is 97.8 cm³/mol. The maximum atomic E-state index is 12.1. The number of carbonyl (C=O) groups excluding carboxylic acids is 3. The first kappa shape index (κ1) is 18.6. The molecule has 1 aromatic carbocycles. The van der Waals surface area contributed by atoms with Gasteiger partial charge in [0, 0.05) is 23.9 Å². The molecule has 0 saturated heterocycles. The lowest BCUT2D eigenvalue weighted by atomic mass is 9.98. The highest BCUT2D eigenvalue weighted by Gasteiger charge is 2.40. The Morgan fingerprint density at radius 1 is 1.27 bits per heavy atom. The quantitative estimate of drug-likeness (QED) is 0.790. The smallest absolute Gasteiger partial charge is 0.410 e. The van der Waals surface area contributed by atoms with Crippen molar-refractivity contribution in [3.8, 4) is 5.75 Å². The first-order chi connectivity index (χ1) is 12.4.